The molecule has 2 rings (SSSR count). The second-order valence-corrected chi connectivity index (χ2v) is 6.37. The number of amides is 3. The fourth-order valence-electron chi connectivity index (χ4n) is 2.17. The molecule has 0 saturated heterocycles. The van der Waals surface area contributed by atoms with Gasteiger partial charge in [0.2, 0.25) is 11.8 Å². The Labute approximate surface area is 165 Å². The van der Waals surface area contributed by atoms with Gasteiger partial charge in [-0.25, -0.2) is 4.39 Å². The summed E-state index contributed by atoms with van der Waals surface area (Å²) in [6.45, 7) is 1.43. The predicted molar refractivity (Wildman–Crippen MR) is 103 cm³/mol. The van der Waals surface area contributed by atoms with Crippen LogP contribution >= 0.6 is 23.2 Å². The molecule has 0 aromatic heterocycles. The summed E-state index contributed by atoms with van der Waals surface area (Å²) in [6, 6.07) is 8.10. The number of carbonyl (C=O) groups excluding carboxylic acids is 3. The van der Waals surface area contributed by atoms with E-state index in [1.54, 1.807) is 12.1 Å². The summed E-state index contributed by atoms with van der Waals surface area (Å²) in [5.74, 6) is -1.66. The van der Waals surface area contributed by atoms with E-state index >= 15 is 0 Å². The Kier molecular flexibility index (Phi) is 7.15. The van der Waals surface area contributed by atoms with Gasteiger partial charge in [-0.05, 0) is 36.4 Å². The molecule has 0 heterocycles. The Bertz CT molecular complexity index is 890. The van der Waals surface area contributed by atoms with Crippen LogP contribution in [0.2, 0.25) is 10.0 Å². The highest BCUT2D eigenvalue weighted by molar-refractivity contribution is 6.34. The average molecular weight is 412 g/mol. The molecule has 0 bridgehead atoms. The van der Waals surface area contributed by atoms with Crippen molar-refractivity contribution in [2.24, 2.45) is 0 Å². The summed E-state index contributed by atoms with van der Waals surface area (Å²) in [7, 11) is 0. The van der Waals surface area contributed by atoms with Crippen LogP contribution in [0.1, 0.15) is 23.7 Å². The molecule has 0 spiro atoms. The van der Waals surface area contributed by atoms with E-state index in [1.807, 2.05) is 0 Å². The van der Waals surface area contributed by atoms with Gasteiger partial charge in [-0.2, -0.15) is 0 Å². The molecule has 0 aliphatic rings. The van der Waals surface area contributed by atoms with Crippen LogP contribution in [0.3, 0.4) is 0 Å². The highest BCUT2D eigenvalue weighted by Crippen LogP contribution is 2.25. The van der Waals surface area contributed by atoms with Crippen LogP contribution in [0.4, 0.5) is 15.8 Å². The van der Waals surface area contributed by atoms with Crippen LogP contribution in [0, 0.1) is 5.82 Å². The van der Waals surface area contributed by atoms with Gasteiger partial charge in [0.1, 0.15) is 5.82 Å². The molecule has 0 fully saturated rings. The Morgan fingerprint density at radius 2 is 1.74 bits per heavy atom. The molecule has 2 aromatic rings. The van der Waals surface area contributed by atoms with E-state index in [-0.39, 0.29) is 40.4 Å². The first kappa shape index (κ1) is 20.7. The van der Waals surface area contributed by atoms with Gasteiger partial charge < -0.3 is 16.0 Å². The highest BCUT2D eigenvalue weighted by Gasteiger charge is 2.12. The average Bonchev–Trinajstić information content (AvgIpc) is 2.56. The molecule has 27 heavy (non-hydrogen) atoms. The monoisotopic (exact) mass is 411 g/mol. The Morgan fingerprint density at radius 1 is 1.00 bits per heavy atom. The molecule has 0 radical (unpaired) electrons. The van der Waals surface area contributed by atoms with Crippen molar-refractivity contribution in [2.75, 3.05) is 17.2 Å². The van der Waals surface area contributed by atoms with E-state index in [1.165, 1.54) is 19.1 Å². The van der Waals surface area contributed by atoms with Crippen molar-refractivity contribution in [3.05, 3.63) is 57.8 Å². The number of benzene rings is 2. The van der Waals surface area contributed by atoms with Crippen molar-refractivity contribution in [2.45, 2.75) is 13.3 Å². The van der Waals surface area contributed by atoms with Gasteiger partial charge in [0.25, 0.3) is 5.91 Å². The van der Waals surface area contributed by atoms with Gasteiger partial charge in [-0.3, -0.25) is 14.4 Å². The quantitative estimate of drug-likeness (QED) is 0.674. The maximum atomic E-state index is 13.0. The van der Waals surface area contributed by atoms with Crippen molar-refractivity contribution >= 4 is 52.3 Å². The molecule has 0 aliphatic heterocycles. The lowest BCUT2D eigenvalue weighted by Crippen LogP contribution is -2.28. The minimum absolute atomic E-state index is 0.00563. The van der Waals surface area contributed by atoms with Crippen molar-refractivity contribution < 1.29 is 18.8 Å². The van der Waals surface area contributed by atoms with Crippen LogP contribution < -0.4 is 16.0 Å². The van der Waals surface area contributed by atoms with Gasteiger partial charge >= 0.3 is 0 Å². The van der Waals surface area contributed by atoms with Crippen LogP contribution in [-0.4, -0.2) is 24.3 Å². The summed E-state index contributed by atoms with van der Waals surface area (Å²) >= 11 is 11.9. The number of hydrogen-bond donors (Lipinski definition) is 3. The first-order valence-electron chi connectivity index (χ1n) is 7.86. The third-order valence-electron chi connectivity index (χ3n) is 3.38. The molecule has 3 amide bonds. The summed E-state index contributed by atoms with van der Waals surface area (Å²) in [6.07, 6.45) is -0.00563. The van der Waals surface area contributed by atoms with Crippen molar-refractivity contribution in [3.63, 3.8) is 0 Å². The standard InChI is InChI=1S/C18H16Cl2FN3O3/c1-10(25)23-12-3-5-16(15(20)9-12)24-17(26)6-7-22-18(27)13-4-2-11(21)8-14(13)19/h2-5,8-9H,6-7H2,1H3,(H,22,27)(H,23,25)(H,24,26). The largest absolute Gasteiger partial charge is 0.351 e. The van der Waals surface area contributed by atoms with E-state index < -0.39 is 11.7 Å². The second-order valence-electron chi connectivity index (χ2n) is 5.55. The van der Waals surface area contributed by atoms with Crippen molar-refractivity contribution in [1.82, 2.24) is 5.32 Å². The van der Waals surface area contributed by atoms with E-state index in [4.69, 9.17) is 23.2 Å². The molecule has 0 saturated carbocycles. The number of halogens is 3. The number of carbonyl (C=O) groups is 3. The first-order chi connectivity index (χ1) is 12.8. The van der Waals surface area contributed by atoms with Crippen LogP contribution in [0.25, 0.3) is 0 Å². The normalized spacial score (nSPS) is 10.2. The van der Waals surface area contributed by atoms with E-state index in [0.717, 1.165) is 12.1 Å². The highest BCUT2D eigenvalue weighted by atomic mass is 35.5. The molecule has 0 aliphatic carbocycles. The number of hydrogen-bond acceptors (Lipinski definition) is 3. The Balaban J connectivity index is 1.85. The lowest BCUT2D eigenvalue weighted by atomic mass is 10.2. The third kappa shape index (κ3) is 6.23. The lowest BCUT2D eigenvalue weighted by molar-refractivity contribution is -0.116. The Morgan fingerprint density at radius 3 is 2.37 bits per heavy atom. The van der Waals surface area contributed by atoms with Crippen LogP contribution in [0.5, 0.6) is 0 Å². The summed E-state index contributed by atoms with van der Waals surface area (Å²) in [5.41, 5.74) is 1.01. The van der Waals surface area contributed by atoms with Gasteiger partial charge in [-0.1, -0.05) is 23.2 Å². The fourth-order valence-corrected chi connectivity index (χ4v) is 2.65. The predicted octanol–water partition coefficient (Wildman–Crippen LogP) is 3.85. The molecular formula is C18H16Cl2FN3O3. The molecule has 2 aromatic carbocycles. The Hall–Kier alpha value is -2.64. The number of rotatable bonds is 6. The zero-order valence-corrected chi connectivity index (χ0v) is 15.7. The molecule has 0 atom stereocenters. The zero-order chi connectivity index (χ0) is 20.0. The molecule has 3 N–H and O–H groups in total. The molecule has 142 valence electrons. The number of nitrogens with one attached hydrogen (secondary N) is 3. The zero-order valence-electron chi connectivity index (χ0n) is 14.2. The molecule has 6 nitrogen and oxygen atoms in total. The van der Waals surface area contributed by atoms with Gasteiger partial charge in [-0.15, -0.1) is 0 Å². The molecule has 9 heteroatoms. The molecule has 0 unspecified atom stereocenters. The van der Waals surface area contributed by atoms with Crippen LogP contribution in [-0.2, 0) is 9.59 Å². The minimum Gasteiger partial charge on any atom is -0.351 e. The van der Waals surface area contributed by atoms with Crippen molar-refractivity contribution in [3.8, 4) is 0 Å². The van der Waals surface area contributed by atoms with Gasteiger partial charge in [0.05, 0.1) is 21.3 Å². The second kappa shape index (κ2) is 9.34. The van der Waals surface area contributed by atoms with Crippen LogP contribution in [0.15, 0.2) is 36.4 Å². The van der Waals surface area contributed by atoms with Gasteiger partial charge in [0.15, 0.2) is 0 Å². The number of anilines is 2. The maximum Gasteiger partial charge on any atom is 0.252 e. The minimum atomic E-state index is -0.544. The first-order valence-corrected chi connectivity index (χ1v) is 8.62. The topological polar surface area (TPSA) is 87.3 Å². The van der Waals surface area contributed by atoms with E-state index in [2.05, 4.69) is 16.0 Å². The SMILES string of the molecule is CC(=O)Nc1ccc(NC(=O)CCNC(=O)c2ccc(F)cc2Cl)c(Cl)c1. The van der Waals surface area contributed by atoms with Gasteiger partial charge in [0, 0.05) is 25.6 Å². The summed E-state index contributed by atoms with van der Waals surface area (Å²) < 4.78 is 13.0. The lowest BCUT2D eigenvalue weighted by Gasteiger charge is -2.10. The third-order valence-corrected chi connectivity index (χ3v) is 4.00. The van der Waals surface area contributed by atoms with Crippen molar-refractivity contribution in [1.29, 1.82) is 0 Å². The smallest absolute Gasteiger partial charge is 0.252 e. The van der Waals surface area contributed by atoms with E-state index in [9.17, 15) is 18.8 Å². The summed E-state index contributed by atoms with van der Waals surface area (Å²) in [4.78, 5) is 35.0. The summed E-state index contributed by atoms with van der Waals surface area (Å²) in [5, 5.41) is 7.98. The molecular weight excluding hydrogens is 396 g/mol. The fraction of sp³-hybridized carbons (Fsp3) is 0.167. The van der Waals surface area contributed by atoms with E-state index in [0.29, 0.717) is 11.4 Å². The maximum absolute atomic E-state index is 13.0.